The molecule has 0 aliphatic heterocycles. The molecule has 0 rings (SSSR count). The van der Waals surface area contributed by atoms with Crippen molar-refractivity contribution >= 4 is 5.84 Å². The highest BCUT2D eigenvalue weighted by molar-refractivity contribution is 5.91. The van der Waals surface area contributed by atoms with E-state index in [0.29, 0.717) is 5.84 Å². The fraction of sp³-hybridized carbons (Fsp3) is 0.286. The van der Waals surface area contributed by atoms with Crippen LogP contribution in [0.1, 0.15) is 6.92 Å². The molecule has 0 saturated carbocycles. The summed E-state index contributed by atoms with van der Waals surface area (Å²) in [4.78, 5) is 3.61. The predicted molar refractivity (Wildman–Crippen MR) is 41.6 cm³/mol. The van der Waals surface area contributed by atoms with Gasteiger partial charge in [0, 0.05) is 7.05 Å². The number of amidine groups is 1. The van der Waals surface area contributed by atoms with E-state index in [1.807, 2.05) is 0 Å². The second kappa shape index (κ2) is 4.73. The Kier molecular flexibility index (Phi) is 4.20. The SMILES string of the molecule is C/C=C(F)\C=C/C(N)=NC. The number of halogens is 1. The molecular formula is C7H11FN2. The Labute approximate surface area is 60.0 Å². The lowest BCUT2D eigenvalue weighted by Gasteiger charge is -1.86. The van der Waals surface area contributed by atoms with Gasteiger partial charge < -0.3 is 5.73 Å². The van der Waals surface area contributed by atoms with Crippen LogP contribution >= 0.6 is 0 Å². The first-order chi connectivity index (χ1) is 4.70. The van der Waals surface area contributed by atoms with Gasteiger partial charge in [-0.25, -0.2) is 4.39 Å². The Balaban J connectivity index is 4.01. The third-order valence-electron chi connectivity index (χ3n) is 0.947. The topological polar surface area (TPSA) is 38.4 Å². The average molecular weight is 142 g/mol. The van der Waals surface area contributed by atoms with Crippen LogP contribution in [0.3, 0.4) is 0 Å². The predicted octanol–water partition coefficient (Wildman–Crippen LogP) is 1.40. The quantitative estimate of drug-likeness (QED) is 0.353. The van der Waals surface area contributed by atoms with Gasteiger partial charge in [-0.3, -0.25) is 4.99 Å². The highest BCUT2D eigenvalue weighted by Gasteiger charge is 1.83. The summed E-state index contributed by atoms with van der Waals surface area (Å²) in [7, 11) is 1.55. The molecule has 0 atom stereocenters. The summed E-state index contributed by atoms with van der Waals surface area (Å²) in [6.45, 7) is 1.61. The number of aliphatic imine (C=N–C) groups is 1. The van der Waals surface area contributed by atoms with Crippen molar-refractivity contribution in [3.63, 3.8) is 0 Å². The van der Waals surface area contributed by atoms with E-state index in [1.165, 1.54) is 18.2 Å². The monoisotopic (exact) mass is 142 g/mol. The highest BCUT2D eigenvalue weighted by atomic mass is 19.1. The van der Waals surface area contributed by atoms with Crippen molar-refractivity contribution in [3.05, 3.63) is 24.1 Å². The molecule has 3 heteroatoms. The minimum absolute atomic E-state index is 0.313. The lowest BCUT2D eigenvalue weighted by atomic mass is 10.4. The summed E-state index contributed by atoms with van der Waals surface area (Å²) in [6, 6.07) is 0. The minimum Gasteiger partial charge on any atom is -0.384 e. The van der Waals surface area contributed by atoms with Crippen LogP contribution in [-0.2, 0) is 0 Å². The zero-order valence-corrected chi connectivity index (χ0v) is 6.13. The number of nitrogens with two attached hydrogens (primary N) is 1. The van der Waals surface area contributed by atoms with Gasteiger partial charge in [-0.1, -0.05) is 6.08 Å². The van der Waals surface area contributed by atoms with E-state index in [1.54, 1.807) is 14.0 Å². The first-order valence-corrected chi connectivity index (χ1v) is 2.93. The summed E-state index contributed by atoms with van der Waals surface area (Å²) in [6.07, 6.45) is 4.02. The molecule has 0 bridgehead atoms. The third-order valence-corrected chi connectivity index (χ3v) is 0.947. The van der Waals surface area contributed by atoms with Gasteiger partial charge in [0.2, 0.25) is 0 Å². The molecule has 2 nitrogen and oxygen atoms in total. The molecular weight excluding hydrogens is 131 g/mol. The van der Waals surface area contributed by atoms with Crippen molar-refractivity contribution in [2.24, 2.45) is 10.7 Å². The zero-order valence-electron chi connectivity index (χ0n) is 6.13. The lowest BCUT2D eigenvalue weighted by molar-refractivity contribution is 0.665. The molecule has 0 aromatic carbocycles. The molecule has 0 fully saturated rings. The van der Waals surface area contributed by atoms with E-state index in [4.69, 9.17) is 5.73 Å². The molecule has 0 aromatic heterocycles. The summed E-state index contributed by atoms with van der Waals surface area (Å²) in [5, 5.41) is 0. The van der Waals surface area contributed by atoms with Gasteiger partial charge in [0.1, 0.15) is 11.7 Å². The van der Waals surface area contributed by atoms with Crippen molar-refractivity contribution in [2.45, 2.75) is 6.92 Å². The summed E-state index contributed by atoms with van der Waals surface area (Å²) in [5.41, 5.74) is 5.25. The molecule has 2 N–H and O–H groups in total. The Morgan fingerprint density at radius 3 is 2.50 bits per heavy atom. The number of hydrogen-bond acceptors (Lipinski definition) is 1. The average Bonchev–Trinajstić information content (AvgIpc) is 1.99. The third kappa shape index (κ3) is 3.83. The Hall–Kier alpha value is -1.12. The largest absolute Gasteiger partial charge is 0.384 e. The minimum atomic E-state index is -0.313. The maximum atomic E-state index is 12.3. The zero-order chi connectivity index (χ0) is 7.98. The highest BCUT2D eigenvalue weighted by Crippen LogP contribution is 1.95. The van der Waals surface area contributed by atoms with Crippen LogP contribution in [0.5, 0.6) is 0 Å². The van der Waals surface area contributed by atoms with Crippen LogP contribution in [0.25, 0.3) is 0 Å². The van der Waals surface area contributed by atoms with Crippen LogP contribution in [0.15, 0.2) is 29.0 Å². The van der Waals surface area contributed by atoms with Gasteiger partial charge in [-0.15, -0.1) is 0 Å². The fourth-order valence-corrected chi connectivity index (χ4v) is 0.336. The van der Waals surface area contributed by atoms with Gasteiger partial charge in [0.25, 0.3) is 0 Å². The molecule has 0 aliphatic carbocycles. The standard InChI is InChI=1S/C7H11FN2/c1-3-6(8)4-5-7(9)10-2/h3-5H,1-2H3,(H2,9,10)/b5-4-,6-3+. The number of allylic oxidation sites excluding steroid dienone is 3. The summed E-state index contributed by atoms with van der Waals surface area (Å²) in [5.74, 6) is 0.00333. The Morgan fingerprint density at radius 2 is 2.10 bits per heavy atom. The van der Waals surface area contributed by atoms with Crippen LogP contribution in [0.4, 0.5) is 4.39 Å². The fourth-order valence-electron chi connectivity index (χ4n) is 0.336. The van der Waals surface area contributed by atoms with Crippen molar-refractivity contribution < 1.29 is 4.39 Å². The van der Waals surface area contributed by atoms with Gasteiger partial charge >= 0.3 is 0 Å². The normalized spacial score (nSPS) is 14.7. The van der Waals surface area contributed by atoms with E-state index >= 15 is 0 Å². The van der Waals surface area contributed by atoms with E-state index < -0.39 is 0 Å². The van der Waals surface area contributed by atoms with Crippen LogP contribution in [0, 0.1) is 0 Å². The summed E-state index contributed by atoms with van der Waals surface area (Å²) >= 11 is 0. The maximum absolute atomic E-state index is 12.3. The molecule has 0 heterocycles. The second-order valence-corrected chi connectivity index (χ2v) is 1.66. The van der Waals surface area contributed by atoms with Gasteiger partial charge in [0.05, 0.1) is 0 Å². The molecule has 0 saturated heterocycles. The van der Waals surface area contributed by atoms with Crippen molar-refractivity contribution in [2.75, 3.05) is 7.05 Å². The van der Waals surface area contributed by atoms with Gasteiger partial charge in [-0.05, 0) is 19.1 Å². The lowest BCUT2D eigenvalue weighted by Crippen LogP contribution is -2.06. The van der Waals surface area contributed by atoms with Crippen molar-refractivity contribution in [1.82, 2.24) is 0 Å². The first kappa shape index (κ1) is 8.88. The number of rotatable bonds is 2. The van der Waals surface area contributed by atoms with E-state index in [0.717, 1.165) is 0 Å². The van der Waals surface area contributed by atoms with Crippen molar-refractivity contribution in [3.8, 4) is 0 Å². The maximum Gasteiger partial charge on any atom is 0.119 e. The molecule has 0 radical (unpaired) electrons. The summed E-state index contributed by atoms with van der Waals surface area (Å²) < 4.78 is 12.3. The molecule has 0 spiro atoms. The van der Waals surface area contributed by atoms with Gasteiger partial charge in [-0.2, -0.15) is 0 Å². The molecule has 0 unspecified atom stereocenters. The first-order valence-electron chi connectivity index (χ1n) is 2.93. The Morgan fingerprint density at radius 1 is 1.50 bits per heavy atom. The molecule has 0 aromatic rings. The van der Waals surface area contributed by atoms with E-state index in [-0.39, 0.29) is 5.83 Å². The van der Waals surface area contributed by atoms with Crippen LogP contribution < -0.4 is 5.73 Å². The van der Waals surface area contributed by atoms with Crippen LogP contribution in [0.2, 0.25) is 0 Å². The molecule has 0 aliphatic rings. The van der Waals surface area contributed by atoms with Crippen LogP contribution in [-0.4, -0.2) is 12.9 Å². The van der Waals surface area contributed by atoms with E-state index in [2.05, 4.69) is 4.99 Å². The van der Waals surface area contributed by atoms with Crippen molar-refractivity contribution in [1.29, 1.82) is 0 Å². The van der Waals surface area contributed by atoms with Gasteiger partial charge in [0.15, 0.2) is 0 Å². The molecule has 0 amide bonds. The molecule has 10 heavy (non-hydrogen) atoms. The smallest absolute Gasteiger partial charge is 0.119 e. The second-order valence-electron chi connectivity index (χ2n) is 1.66. The Bertz CT molecular complexity index is 160. The number of hydrogen-bond donors (Lipinski definition) is 1. The van der Waals surface area contributed by atoms with E-state index in [9.17, 15) is 4.39 Å². The number of nitrogens with zero attached hydrogens (tertiary/aromatic N) is 1. The molecule has 56 valence electrons.